The maximum Gasteiger partial charge on any atom is 0.314 e. The number of amides is 2. The van der Waals surface area contributed by atoms with Crippen LogP contribution in [0.4, 0.5) is 20.6 Å². The van der Waals surface area contributed by atoms with E-state index in [1.165, 1.54) is 12.1 Å². The number of ether oxygens (including phenoxy) is 1. The number of rotatable bonds is 8. The molecule has 0 aromatic heterocycles. The maximum absolute atomic E-state index is 13.6. The van der Waals surface area contributed by atoms with Crippen molar-refractivity contribution in [3.05, 3.63) is 53.8 Å². The van der Waals surface area contributed by atoms with E-state index in [2.05, 4.69) is 26.9 Å². The van der Waals surface area contributed by atoms with E-state index in [9.17, 15) is 9.18 Å². The lowest BCUT2D eigenvalue weighted by molar-refractivity contribution is 0.239. The Morgan fingerprint density at radius 3 is 2.90 bits per heavy atom. The van der Waals surface area contributed by atoms with E-state index in [4.69, 9.17) is 10.00 Å². The summed E-state index contributed by atoms with van der Waals surface area (Å²) in [4.78, 5) is 14.3. The molecule has 2 amide bonds. The van der Waals surface area contributed by atoms with Crippen molar-refractivity contribution in [3.63, 3.8) is 0 Å². The molecule has 1 aliphatic heterocycles. The molecule has 1 fully saturated rings. The van der Waals surface area contributed by atoms with Crippen LogP contribution >= 0.6 is 0 Å². The third-order valence-electron chi connectivity index (χ3n) is 5.11. The van der Waals surface area contributed by atoms with Crippen LogP contribution in [0.5, 0.6) is 5.75 Å². The van der Waals surface area contributed by atoms with Crippen LogP contribution < -0.4 is 25.6 Å². The zero-order chi connectivity index (χ0) is 21.3. The molecule has 1 heterocycles. The Balaban J connectivity index is 1.35. The minimum atomic E-state index is -0.562. The predicted octanol–water partition coefficient (Wildman–Crippen LogP) is 2.94. The summed E-state index contributed by atoms with van der Waals surface area (Å²) in [5, 5.41) is 17.7. The van der Waals surface area contributed by atoms with E-state index in [0.717, 1.165) is 30.9 Å². The molecule has 0 radical (unpaired) electrons. The fourth-order valence-corrected chi connectivity index (χ4v) is 3.50. The molecule has 158 valence electrons. The molecule has 0 aliphatic carbocycles. The molecule has 8 heteroatoms. The van der Waals surface area contributed by atoms with Crippen molar-refractivity contribution in [2.75, 3.05) is 50.1 Å². The van der Waals surface area contributed by atoms with Gasteiger partial charge in [-0.3, -0.25) is 0 Å². The van der Waals surface area contributed by atoms with Gasteiger partial charge in [-0.25, -0.2) is 9.18 Å². The lowest BCUT2D eigenvalue weighted by Crippen LogP contribution is -2.40. The van der Waals surface area contributed by atoms with Crippen LogP contribution in [0.3, 0.4) is 0 Å². The Labute approximate surface area is 175 Å². The molecular formula is C22H26FN5O2. The average molecular weight is 411 g/mol. The highest BCUT2D eigenvalue weighted by Gasteiger charge is 2.23. The molecule has 0 bridgehead atoms. The van der Waals surface area contributed by atoms with Gasteiger partial charge in [-0.2, -0.15) is 5.26 Å². The van der Waals surface area contributed by atoms with Crippen molar-refractivity contribution in [3.8, 4) is 11.8 Å². The standard InChI is InChI=1S/C22H26FN5O2/c1-30-18-5-2-4-17(12-18)28-11-8-16(15-28)14-27-22(29)26-10-9-25-21-7-3-6-20(23)19(21)13-24/h2-7,12,16,25H,8-11,14-15H2,1H3,(H2,26,27,29). The maximum atomic E-state index is 13.6. The van der Waals surface area contributed by atoms with Crippen LogP contribution in [-0.4, -0.2) is 45.9 Å². The van der Waals surface area contributed by atoms with Gasteiger partial charge < -0.3 is 25.6 Å². The van der Waals surface area contributed by atoms with E-state index < -0.39 is 5.82 Å². The van der Waals surface area contributed by atoms with Crippen molar-refractivity contribution in [1.82, 2.24) is 10.6 Å². The first-order chi connectivity index (χ1) is 14.6. The molecule has 2 aromatic rings. The molecule has 0 saturated carbocycles. The molecule has 0 spiro atoms. The number of urea groups is 1. The van der Waals surface area contributed by atoms with Crippen molar-refractivity contribution >= 4 is 17.4 Å². The summed E-state index contributed by atoms with van der Waals surface area (Å²) in [6.45, 7) is 3.17. The number of nitrogens with one attached hydrogen (secondary N) is 3. The third-order valence-corrected chi connectivity index (χ3v) is 5.11. The van der Waals surface area contributed by atoms with E-state index in [1.807, 2.05) is 24.3 Å². The lowest BCUT2D eigenvalue weighted by atomic mass is 10.1. The van der Waals surface area contributed by atoms with Gasteiger partial charge in [-0.1, -0.05) is 12.1 Å². The Morgan fingerprint density at radius 1 is 1.27 bits per heavy atom. The smallest absolute Gasteiger partial charge is 0.314 e. The number of halogens is 1. The highest BCUT2D eigenvalue weighted by molar-refractivity contribution is 5.73. The van der Waals surface area contributed by atoms with E-state index in [1.54, 1.807) is 13.2 Å². The Morgan fingerprint density at radius 2 is 2.10 bits per heavy atom. The van der Waals surface area contributed by atoms with Gasteiger partial charge in [0.25, 0.3) is 0 Å². The number of benzene rings is 2. The topological polar surface area (TPSA) is 89.4 Å². The summed E-state index contributed by atoms with van der Waals surface area (Å²) in [6, 6.07) is 14.0. The molecule has 2 aromatic carbocycles. The van der Waals surface area contributed by atoms with Gasteiger partial charge in [0.2, 0.25) is 0 Å². The average Bonchev–Trinajstić information content (AvgIpc) is 3.24. The molecule has 1 unspecified atom stereocenters. The first kappa shape index (κ1) is 21.2. The van der Waals surface area contributed by atoms with Crippen molar-refractivity contribution in [1.29, 1.82) is 5.26 Å². The number of methoxy groups -OCH3 is 1. The number of hydrogen-bond donors (Lipinski definition) is 3. The number of nitriles is 1. The third kappa shape index (κ3) is 5.54. The van der Waals surface area contributed by atoms with Crippen molar-refractivity contribution < 1.29 is 13.9 Å². The van der Waals surface area contributed by atoms with Gasteiger partial charge in [0.05, 0.1) is 12.8 Å². The van der Waals surface area contributed by atoms with Gasteiger partial charge >= 0.3 is 6.03 Å². The Kier molecular flexibility index (Phi) is 7.33. The number of carbonyl (C=O) groups excluding carboxylic acids is 1. The van der Waals surface area contributed by atoms with Crippen LogP contribution in [0.15, 0.2) is 42.5 Å². The Hall–Kier alpha value is -3.47. The second-order valence-corrected chi connectivity index (χ2v) is 7.14. The summed E-state index contributed by atoms with van der Waals surface area (Å²) >= 11 is 0. The SMILES string of the molecule is COc1cccc(N2CCC(CNC(=O)NCCNc3cccc(F)c3C#N)C2)c1. The summed E-state index contributed by atoms with van der Waals surface area (Å²) in [5.74, 6) is 0.653. The van der Waals surface area contributed by atoms with Crippen LogP contribution in [0.1, 0.15) is 12.0 Å². The normalized spacial score (nSPS) is 15.4. The number of carbonyl (C=O) groups is 1. The van der Waals surface area contributed by atoms with Crippen LogP contribution in [0.2, 0.25) is 0 Å². The molecule has 30 heavy (non-hydrogen) atoms. The second kappa shape index (κ2) is 10.3. The lowest BCUT2D eigenvalue weighted by Gasteiger charge is -2.19. The molecule has 7 nitrogen and oxygen atoms in total. The quantitative estimate of drug-likeness (QED) is 0.581. The van der Waals surface area contributed by atoms with E-state index >= 15 is 0 Å². The van der Waals surface area contributed by atoms with Crippen LogP contribution in [0, 0.1) is 23.1 Å². The summed E-state index contributed by atoms with van der Waals surface area (Å²) in [5.41, 5.74) is 1.52. The van der Waals surface area contributed by atoms with Crippen LogP contribution in [0.25, 0.3) is 0 Å². The van der Waals surface area contributed by atoms with Gasteiger partial charge in [-0.05, 0) is 36.6 Å². The summed E-state index contributed by atoms with van der Waals surface area (Å²) in [7, 11) is 1.66. The highest BCUT2D eigenvalue weighted by Crippen LogP contribution is 2.26. The molecule has 1 saturated heterocycles. The predicted molar refractivity (Wildman–Crippen MR) is 114 cm³/mol. The van der Waals surface area contributed by atoms with Gasteiger partial charge in [0, 0.05) is 44.5 Å². The van der Waals surface area contributed by atoms with E-state index in [0.29, 0.717) is 31.2 Å². The van der Waals surface area contributed by atoms with Crippen molar-refractivity contribution in [2.24, 2.45) is 5.92 Å². The minimum Gasteiger partial charge on any atom is -0.497 e. The number of hydrogen-bond acceptors (Lipinski definition) is 5. The fraction of sp³-hybridized carbons (Fsp3) is 0.364. The Bertz CT molecular complexity index is 915. The molecule has 1 atom stereocenters. The first-order valence-corrected chi connectivity index (χ1v) is 9.94. The molecule has 3 N–H and O–H groups in total. The zero-order valence-electron chi connectivity index (χ0n) is 17.0. The highest BCUT2D eigenvalue weighted by atomic mass is 19.1. The van der Waals surface area contributed by atoms with Gasteiger partial charge in [0.15, 0.2) is 0 Å². The molecular weight excluding hydrogens is 385 g/mol. The fourth-order valence-electron chi connectivity index (χ4n) is 3.50. The first-order valence-electron chi connectivity index (χ1n) is 9.94. The minimum absolute atomic E-state index is 0.0243. The largest absolute Gasteiger partial charge is 0.497 e. The van der Waals surface area contributed by atoms with Gasteiger partial charge in [-0.15, -0.1) is 0 Å². The molecule has 3 rings (SSSR count). The zero-order valence-corrected chi connectivity index (χ0v) is 17.0. The van der Waals surface area contributed by atoms with Gasteiger partial charge in [0.1, 0.15) is 23.2 Å². The summed E-state index contributed by atoms with van der Waals surface area (Å²) < 4.78 is 18.8. The van der Waals surface area contributed by atoms with Crippen LogP contribution in [-0.2, 0) is 0 Å². The molecule has 1 aliphatic rings. The number of anilines is 2. The second-order valence-electron chi connectivity index (χ2n) is 7.14. The van der Waals surface area contributed by atoms with Crippen molar-refractivity contribution in [2.45, 2.75) is 6.42 Å². The summed E-state index contributed by atoms with van der Waals surface area (Å²) in [6.07, 6.45) is 1.01. The van der Waals surface area contributed by atoms with E-state index in [-0.39, 0.29) is 11.6 Å². The monoisotopic (exact) mass is 411 g/mol. The number of nitrogens with zero attached hydrogens (tertiary/aromatic N) is 2.